The van der Waals surface area contributed by atoms with Gasteiger partial charge in [0.05, 0.1) is 6.10 Å². The summed E-state index contributed by atoms with van der Waals surface area (Å²) in [5.41, 5.74) is 5.85. The number of carbonyl (C=O) groups excluding carboxylic acids is 2. The molecule has 5 unspecified atom stereocenters. The largest absolute Gasteiger partial charge is 0.393 e. The first-order chi connectivity index (χ1) is 21.4. The summed E-state index contributed by atoms with van der Waals surface area (Å²) in [5, 5.41) is 14.1. The van der Waals surface area contributed by atoms with Crippen LogP contribution in [0.3, 0.4) is 0 Å². The number of amides is 1. The monoisotopic (exact) mass is 628 g/mol. The maximum Gasteiger partial charge on any atom is 0.244 e. The van der Waals surface area contributed by atoms with Crippen LogP contribution in [0.1, 0.15) is 114 Å². The van der Waals surface area contributed by atoms with Gasteiger partial charge in [-0.15, -0.1) is 0 Å². The van der Waals surface area contributed by atoms with Crippen molar-refractivity contribution in [2.45, 2.75) is 127 Å². The zero-order valence-corrected chi connectivity index (χ0v) is 29.8. The second kappa shape index (κ2) is 18.4. The molecule has 4 rings (SSSR count). The van der Waals surface area contributed by atoms with Gasteiger partial charge < -0.3 is 14.9 Å². The third-order valence-electron chi connectivity index (χ3n) is 9.86. The van der Waals surface area contributed by atoms with Gasteiger partial charge in [0, 0.05) is 50.0 Å². The summed E-state index contributed by atoms with van der Waals surface area (Å²) in [6.07, 6.45) is 4.48. The van der Waals surface area contributed by atoms with E-state index in [-0.39, 0.29) is 30.3 Å². The van der Waals surface area contributed by atoms with Crippen molar-refractivity contribution < 1.29 is 19.1 Å². The molecule has 1 aliphatic carbocycles. The summed E-state index contributed by atoms with van der Waals surface area (Å²) in [4.78, 5) is 29.2. The topological polar surface area (TPSA) is 78.7 Å². The molecule has 5 atom stereocenters. The van der Waals surface area contributed by atoms with Gasteiger partial charge in [0.15, 0.2) is 5.78 Å². The molecule has 2 aliphatic rings. The molecule has 0 spiro atoms. The number of hydrogen-bond acceptors (Lipinski definition) is 5. The number of benzene rings is 1. The molecule has 2 aromatic rings. The van der Waals surface area contributed by atoms with Crippen molar-refractivity contribution in [1.82, 2.24) is 14.7 Å². The summed E-state index contributed by atoms with van der Waals surface area (Å²) in [7, 11) is 0. The standard InChI is InChI=1S/C24H31FN4O2.C11H24O.C2H6/c1-15-6-5-7-21(16(15)2)27-8-10-28(11-9-27)23(31)14-29-22-13-19(17(3)25)12-20(22)24(26-29)18(4)30;1-5-9(3)7-8-11(12)10(4)6-2;1-2/h5-7,17,19H,8-14H2,1-4H3;9-12H,5-8H2,1-4H3;1-2H3. The molecule has 1 aliphatic heterocycles. The van der Waals surface area contributed by atoms with E-state index in [1.54, 1.807) is 11.6 Å². The van der Waals surface area contributed by atoms with Crippen molar-refractivity contribution in [2.75, 3.05) is 31.1 Å². The minimum absolute atomic E-state index is 0.00207. The summed E-state index contributed by atoms with van der Waals surface area (Å²) >= 11 is 0. The quantitative estimate of drug-likeness (QED) is 0.263. The van der Waals surface area contributed by atoms with Gasteiger partial charge in [-0.05, 0) is 81.4 Å². The van der Waals surface area contributed by atoms with Gasteiger partial charge in [0.2, 0.25) is 5.91 Å². The lowest BCUT2D eigenvalue weighted by Crippen LogP contribution is -2.50. The van der Waals surface area contributed by atoms with Gasteiger partial charge in [-0.2, -0.15) is 5.10 Å². The molecule has 8 heteroatoms. The second-order valence-corrected chi connectivity index (χ2v) is 13.0. The van der Waals surface area contributed by atoms with E-state index in [0.29, 0.717) is 37.5 Å². The summed E-state index contributed by atoms with van der Waals surface area (Å²) in [6, 6.07) is 6.33. The molecule has 1 saturated heterocycles. The van der Waals surface area contributed by atoms with Crippen LogP contribution in [0.5, 0.6) is 0 Å². The predicted molar refractivity (Wildman–Crippen MR) is 184 cm³/mol. The SMILES string of the molecule is CC.CC(=O)c1nn(CC(=O)N2CCN(c3cccc(C)c3C)CC2)c2c1CC(C(C)F)C2.CCC(C)CCC(O)C(C)CC. The van der Waals surface area contributed by atoms with Crippen LogP contribution < -0.4 is 4.90 Å². The fourth-order valence-corrected chi connectivity index (χ4v) is 6.02. The number of aliphatic hydroxyl groups excluding tert-OH is 1. The van der Waals surface area contributed by atoms with Crippen LogP contribution in [-0.4, -0.2) is 69.9 Å². The Morgan fingerprint density at radius 3 is 2.20 bits per heavy atom. The Hall–Kier alpha value is -2.74. The Morgan fingerprint density at radius 2 is 1.64 bits per heavy atom. The van der Waals surface area contributed by atoms with Crippen LogP contribution in [0.15, 0.2) is 18.2 Å². The first-order valence-corrected chi connectivity index (χ1v) is 17.4. The van der Waals surface area contributed by atoms with Crippen LogP contribution in [0.2, 0.25) is 0 Å². The van der Waals surface area contributed by atoms with E-state index in [2.05, 4.69) is 69.7 Å². The minimum Gasteiger partial charge on any atom is -0.393 e. The van der Waals surface area contributed by atoms with E-state index in [1.165, 1.54) is 36.6 Å². The number of nitrogens with zero attached hydrogens (tertiary/aromatic N) is 4. The maximum atomic E-state index is 13.9. The van der Waals surface area contributed by atoms with Crippen LogP contribution in [0, 0.1) is 31.6 Å². The van der Waals surface area contributed by atoms with Gasteiger partial charge in [-0.25, -0.2) is 4.39 Å². The first-order valence-electron chi connectivity index (χ1n) is 17.4. The number of fused-ring (bicyclic) bond motifs is 1. The number of rotatable bonds is 11. The van der Waals surface area contributed by atoms with Gasteiger partial charge in [0.1, 0.15) is 18.4 Å². The summed E-state index contributed by atoms with van der Waals surface area (Å²) in [5.74, 6) is 0.959. The Labute approximate surface area is 272 Å². The van der Waals surface area contributed by atoms with Crippen LogP contribution in [-0.2, 0) is 24.2 Å². The Morgan fingerprint density at radius 1 is 1.00 bits per heavy atom. The first kappa shape index (κ1) is 38.4. The zero-order chi connectivity index (χ0) is 33.8. The van der Waals surface area contributed by atoms with Crippen LogP contribution in [0.4, 0.5) is 10.1 Å². The van der Waals surface area contributed by atoms with Gasteiger partial charge in [0.25, 0.3) is 0 Å². The molecule has 0 bridgehead atoms. The summed E-state index contributed by atoms with van der Waals surface area (Å²) < 4.78 is 15.5. The van der Waals surface area contributed by atoms with Crippen molar-refractivity contribution in [2.24, 2.45) is 17.8 Å². The van der Waals surface area contributed by atoms with E-state index in [4.69, 9.17) is 0 Å². The number of aryl methyl sites for hydroxylation is 1. The fourth-order valence-electron chi connectivity index (χ4n) is 6.02. The smallest absolute Gasteiger partial charge is 0.244 e. The van der Waals surface area contributed by atoms with Gasteiger partial charge >= 0.3 is 0 Å². The number of carbonyl (C=O) groups is 2. The molecule has 0 radical (unpaired) electrons. The van der Waals surface area contributed by atoms with Gasteiger partial charge in [-0.3, -0.25) is 14.3 Å². The predicted octanol–water partition coefficient (Wildman–Crippen LogP) is 7.37. The number of ketones is 1. The maximum absolute atomic E-state index is 13.9. The number of halogens is 1. The molecular formula is C37H61FN4O3. The third-order valence-corrected chi connectivity index (χ3v) is 9.86. The minimum atomic E-state index is -0.950. The van der Waals surface area contributed by atoms with E-state index in [1.807, 2.05) is 18.7 Å². The fraction of sp³-hybridized carbons (Fsp3) is 0.703. The van der Waals surface area contributed by atoms with E-state index in [9.17, 15) is 19.1 Å². The third kappa shape index (κ3) is 10.4. The molecule has 1 N–H and O–H groups in total. The zero-order valence-electron chi connectivity index (χ0n) is 29.8. The number of piperazine rings is 1. The van der Waals surface area contributed by atoms with E-state index < -0.39 is 6.17 Å². The van der Waals surface area contributed by atoms with Crippen molar-refractivity contribution >= 4 is 17.4 Å². The lowest BCUT2D eigenvalue weighted by molar-refractivity contribution is -0.132. The number of Topliss-reactive ketones (excluding diaryl/α,β-unsaturated/α-hetero) is 1. The molecule has 254 valence electrons. The van der Waals surface area contributed by atoms with Crippen molar-refractivity contribution in [3.8, 4) is 0 Å². The highest BCUT2D eigenvalue weighted by molar-refractivity contribution is 5.94. The lowest BCUT2D eigenvalue weighted by atomic mass is 9.93. The van der Waals surface area contributed by atoms with Crippen LogP contribution in [0.25, 0.3) is 0 Å². The Bertz CT molecular complexity index is 1220. The highest BCUT2D eigenvalue weighted by Crippen LogP contribution is 2.33. The van der Waals surface area contributed by atoms with Gasteiger partial charge in [-0.1, -0.05) is 66.5 Å². The van der Waals surface area contributed by atoms with E-state index in [0.717, 1.165) is 43.1 Å². The number of alkyl halides is 1. The van der Waals surface area contributed by atoms with Crippen LogP contribution >= 0.6 is 0 Å². The highest BCUT2D eigenvalue weighted by Gasteiger charge is 2.34. The van der Waals surface area contributed by atoms with Crippen molar-refractivity contribution in [3.05, 3.63) is 46.3 Å². The number of aliphatic hydroxyl groups is 1. The average molecular weight is 629 g/mol. The Balaban J connectivity index is 0.000000427. The summed E-state index contributed by atoms with van der Waals surface area (Å²) in [6.45, 7) is 23.0. The number of aromatic nitrogens is 2. The molecular weight excluding hydrogens is 567 g/mol. The molecule has 2 heterocycles. The number of anilines is 1. The highest BCUT2D eigenvalue weighted by atomic mass is 19.1. The lowest BCUT2D eigenvalue weighted by Gasteiger charge is -2.37. The van der Waals surface area contributed by atoms with E-state index >= 15 is 0 Å². The van der Waals surface area contributed by atoms with Crippen molar-refractivity contribution in [3.63, 3.8) is 0 Å². The molecule has 1 aromatic heterocycles. The Kier molecular flexibility index (Phi) is 15.7. The second-order valence-electron chi connectivity index (χ2n) is 13.0. The molecule has 45 heavy (non-hydrogen) atoms. The molecule has 1 aromatic carbocycles. The molecule has 0 saturated carbocycles. The average Bonchev–Trinajstić information content (AvgIpc) is 3.62. The normalized spacial score (nSPS) is 18.5. The van der Waals surface area contributed by atoms with Crippen molar-refractivity contribution in [1.29, 1.82) is 0 Å². The molecule has 1 fully saturated rings. The molecule has 1 amide bonds. The number of hydrogen-bond donors (Lipinski definition) is 1. The molecule has 7 nitrogen and oxygen atoms in total.